The predicted molar refractivity (Wildman–Crippen MR) is 94.6 cm³/mol. The van der Waals surface area contributed by atoms with Crippen molar-refractivity contribution in [2.45, 2.75) is 19.9 Å². The maximum Gasteiger partial charge on any atom is 0.252 e. The van der Waals surface area contributed by atoms with E-state index >= 15 is 0 Å². The van der Waals surface area contributed by atoms with Crippen LogP contribution >= 0.6 is 22.9 Å². The van der Waals surface area contributed by atoms with Gasteiger partial charge in [-0.3, -0.25) is 25.3 Å². The molecular weight excluding hydrogens is 348 g/mol. The van der Waals surface area contributed by atoms with Crippen LogP contribution in [-0.4, -0.2) is 35.3 Å². The lowest BCUT2D eigenvalue weighted by molar-refractivity contribution is -0.129. The van der Waals surface area contributed by atoms with Crippen LogP contribution in [0.3, 0.4) is 0 Å². The lowest BCUT2D eigenvalue weighted by Crippen LogP contribution is -2.46. The number of hydrogen-bond acceptors (Lipinski definition) is 5. The number of likely N-dealkylation sites (N-methyl/N-ethyl adjacent to an activating group) is 1. The molecule has 0 saturated heterocycles. The van der Waals surface area contributed by atoms with E-state index in [2.05, 4.69) is 15.8 Å². The van der Waals surface area contributed by atoms with Gasteiger partial charge in [-0.15, -0.1) is 11.3 Å². The fourth-order valence-electron chi connectivity index (χ4n) is 2.09. The molecule has 0 bridgehead atoms. The van der Waals surface area contributed by atoms with Crippen molar-refractivity contribution in [3.63, 3.8) is 0 Å². The summed E-state index contributed by atoms with van der Waals surface area (Å²) in [4.78, 5) is 29.7. The highest BCUT2D eigenvalue weighted by atomic mass is 35.5. The van der Waals surface area contributed by atoms with Crippen LogP contribution in [0.25, 0.3) is 0 Å². The lowest BCUT2D eigenvalue weighted by atomic mass is 10.2. The SMILES string of the molecule is Cc1csc(CC(=O)NNC(=O)CN(C)Cc2cccc(Cl)c2)n1. The van der Waals surface area contributed by atoms with Crippen LogP contribution in [0.1, 0.15) is 16.3 Å². The number of hydrazine groups is 1. The van der Waals surface area contributed by atoms with E-state index in [1.165, 1.54) is 11.3 Å². The number of rotatable bonds is 6. The molecule has 1 heterocycles. The second-order valence-corrected chi connectivity index (χ2v) is 6.84. The maximum atomic E-state index is 11.9. The molecule has 2 amide bonds. The van der Waals surface area contributed by atoms with Crippen molar-refractivity contribution in [1.29, 1.82) is 0 Å². The minimum absolute atomic E-state index is 0.150. The van der Waals surface area contributed by atoms with E-state index in [1.54, 1.807) is 6.07 Å². The van der Waals surface area contributed by atoms with Gasteiger partial charge in [0.25, 0.3) is 5.91 Å². The smallest absolute Gasteiger partial charge is 0.252 e. The van der Waals surface area contributed by atoms with Crippen LogP contribution < -0.4 is 10.9 Å². The maximum absolute atomic E-state index is 11.9. The average Bonchev–Trinajstić information content (AvgIpc) is 2.90. The average molecular weight is 367 g/mol. The summed E-state index contributed by atoms with van der Waals surface area (Å²) in [7, 11) is 1.82. The van der Waals surface area contributed by atoms with Crippen molar-refractivity contribution in [1.82, 2.24) is 20.7 Å². The summed E-state index contributed by atoms with van der Waals surface area (Å²) in [6.07, 6.45) is 0.150. The molecule has 0 radical (unpaired) electrons. The first kappa shape index (κ1) is 18.4. The number of nitrogens with one attached hydrogen (secondary N) is 2. The van der Waals surface area contributed by atoms with Gasteiger partial charge in [-0.05, 0) is 31.7 Å². The molecule has 2 rings (SSSR count). The third-order valence-electron chi connectivity index (χ3n) is 3.07. The quantitative estimate of drug-likeness (QED) is 0.766. The van der Waals surface area contributed by atoms with Crippen LogP contribution in [0, 0.1) is 6.92 Å². The second kappa shape index (κ2) is 8.77. The Hall–Kier alpha value is -1.96. The summed E-state index contributed by atoms with van der Waals surface area (Å²) in [6, 6.07) is 7.47. The van der Waals surface area contributed by atoms with Gasteiger partial charge in [0.15, 0.2) is 0 Å². The molecule has 0 aliphatic rings. The number of thiazole rings is 1. The number of halogens is 1. The Bertz CT molecular complexity index is 720. The zero-order chi connectivity index (χ0) is 17.5. The number of aromatic nitrogens is 1. The zero-order valence-corrected chi connectivity index (χ0v) is 15.1. The van der Waals surface area contributed by atoms with Crippen molar-refractivity contribution in [2.75, 3.05) is 13.6 Å². The van der Waals surface area contributed by atoms with Gasteiger partial charge >= 0.3 is 0 Å². The Balaban J connectivity index is 1.71. The molecule has 2 aromatic rings. The molecule has 1 aromatic heterocycles. The van der Waals surface area contributed by atoms with Crippen molar-refractivity contribution in [2.24, 2.45) is 0 Å². The molecule has 0 aliphatic carbocycles. The number of hydrogen-bond donors (Lipinski definition) is 2. The summed E-state index contributed by atoms with van der Waals surface area (Å²) >= 11 is 7.36. The summed E-state index contributed by atoms with van der Waals surface area (Å²) in [5, 5.41) is 3.26. The van der Waals surface area contributed by atoms with Gasteiger partial charge in [0, 0.05) is 22.6 Å². The number of carbonyl (C=O) groups is 2. The first-order chi connectivity index (χ1) is 11.4. The van der Waals surface area contributed by atoms with Crippen LogP contribution in [0.4, 0.5) is 0 Å². The number of nitrogens with zero attached hydrogens (tertiary/aromatic N) is 2. The van der Waals surface area contributed by atoms with Gasteiger partial charge < -0.3 is 0 Å². The Morgan fingerprint density at radius 3 is 2.71 bits per heavy atom. The molecule has 0 fully saturated rings. The molecule has 0 atom stereocenters. The highest BCUT2D eigenvalue weighted by molar-refractivity contribution is 7.09. The minimum Gasteiger partial charge on any atom is -0.293 e. The predicted octanol–water partition coefficient (Wildman–Crippen LogP) is 1.93. The molecular formula is C16H19ClN4O2S. The van der Waals surface area contributed by atoms with Crippen LogP contribution in [-0.2, 0) is 22.6 Å². The van der Waals surface area contributed by atoms with Gasteiger partial charge in [-0.1, -0.05) is 23.7 Å². The Kier molecular flexibility index (Phi) is 6.72. The fourth-order valence-corrected chi connectivity index (χ4v) is 3.08. The highest BCUT2D eigenvalue weighted by Crippen LogP contribution is 2.12. The Morgan fingerprint density at radius 2 is 2.04 bits per heavy atom. The summed E-state index contributed by atoms with van der Waals surface area (Å²) in [5.74, 6) is -0.585. The minimum atomic E-state index is -0.296. The normalized spacial score (nSPS) is 10.7. The van der Waals surface area contributed by atoms with E-state index in [0.717, 1.165) is 16.3 Å². The van der Waals surface area contributed by atoms with E-state index in [1.807, 2.05) is 42.5 Å². The van der Waals surface area contributed by atoms with Gasteiger partial charge in [-0.25, -0.2) is 4.98 Å². The summed E-state index contributed by atoms with van der Waals surface area (Å²) in [5.41, 5.74) is 6.71. The summed E-state index contributed by atoms with van der Waals surface area (Å²) < 4.78 is 0. The van der Waals surface area contributed by atoms with Crippen LogP contribution in [0.15, 0.2) is 29.6 Å². The van der Waals surface area contributed by atoms with Crippen molar-refractivity contribution in [3.05, 3.63) is 50.9 Å². The third kappa shape index (κ3) is 6.27. The largest absolute Gasteiger partial charge is 0.293 e. The standard InChI is InChI=1S/C16H19ClN4O2S/c1-11-10-24-16(18-11)7-14(22)19-20-15(23)9-21(2)8-12-4-3-5-13(17)6-12/h3-6,10H,7-9H2,1-2H3,(H,19,22)(H,20,23). The van der Waals surface area contributed by atoms with Gasteiger partial charge in [0.05, 0.1) is 13.0 Å². The molecule has 0 unspecified atom stereocenters. The Morgan fingerprint density at radius 1 is 1.29 bits per heavy atom. The molecule has 6 nitrogen and oxygen atoms in total. The van der Waals surface area contributed by atoms with Crippen LogP contribution in [0.5, 0.6) is 0 Å². The van der Waals surface area contributed by atoms with E-state index < -0.39 is 0 Å². The van der Waals surface area contributed by atoms with Gasteiger partial charge in [-0.2, -0.15) is 0 Å². The first-order valence-corrected chi connectivity index (χ1v) is 8.60. The number of carbonyl (C=O) groups excluding carboxylic acids is 2. The van der Waals surface area contributed by atoms with Gasteiger partial charge in [0.2, 0.25) is 5.91 Å². The molecule has 128 valence electrons. The molecule has 0 saturated carbocycles. The zero-order valence-electron chi connectivity index (χ0n) is 13.5. The van der Waals surface area contributed by atoms with Crippen molar-refractivity contribution < 1.29 is 9.59 Å². The first-order valence-electron chi connectivity index (χ1n) is 7.34. The third-order valence-corrected chi connectivity index (χ3v) is 4.28. The Labute approximate surface area is 149 Å². The number of benzene rings is 1. The summed E-state index contributed by atoms with van der Waals surface area (Å²) in [6.45, 7) is 2.61. The van der Waals surface area contributed by atoms with E-state index in [-0.39, 0.29) is 24.8 Å². The van der Waals surface area contributed by atoms with E-state index in [9.17, 15) is 9.59 Å². The van der Waals surface area contributed by atoms with E-state index in [0.29, 0.717) is 11.6 Å². The monoisotopic (exact) mass is 366 g/mol. The molecule has 1 aromatic carbocycles. The van der Waals surface area contributed by atoms with Crippen LogP contribution in [0.2, 0.25) is 5.02 Å². The highest BCUT2D eigenvalue weighted by Gasteiger charge is 2.10. The molecule has 0 aliphatic heterocycles. The fraction of sp³-hybridized carbons (Fsp3) is 0.312. The van der Waals surface area contributed by atoms with Crippen molar-refractivity contribution >= 4 is 34.8 Å². The van der Waals surface area contributed by atoms with E-state index in [4.69, 9.17) is 11.6 Å². The molecule has 0 spiro atoms. The van der Waals surface area contributed by atoms with Gasteiger partial charge in [0.1, 0.15) is 5.01 Å². The lowest BCUT2D eigenvalue weighted by Gasteiger charge is -2.16. The number of amides is 2. The number of aryl methyl sites for hydroxylation is 1. The second-order valence-electron chi connectivity index (χ2n) is 5.46. The molecule has 8 heteroatoms. The topological polar surface area (TPSA) is 74.3 Å². The van der Waals surface area contributed by atoms with Crippen molar-refractivity contribution in [3.8, 4) is 0 Å². The molecule has 2 N–H and O–H groups in total. The molecule has 24 heavy (non-hydrogen) atoms.